The lowest BCUT2D eigenvalue weighted by molar-refractivity contribution is 0.121. The second kappa shape index (κ2) is 6.81. The van der Waals surface area contributed by atoms with E-state index in [0.717, 1.165) is 0 Å². The number of nitrogens with one attached hydrogen (secondary N) is 2. The van der Waals surface area contributed by atoms with Crippen LogP contribution in [0.3, 0.4) is 0 Å². The second-order valence-corrected chi connectivity index (χ2v) is 5.60. The van der Waals surface area contributed by atoms with Gasteiger partial charge in [-0.3, -0.25) is 4.72 Å². The van der Waals surface area contributed by atoms with E-state index in [2.05, 4.69) is 9.46 Å². The van der Waals surface area contributed by atoms with Crippen LogP contribution in [0.4, 0.5) is 10.5 Å². The average molecular weight is 313 g/mol. The van der Waals surface area contributed by atoms with Gasteiger partial charge in [0.25, 0.3) is 0 Å². The van der Waals surface area contributed by atoms with Crippen molar-refractivity contribution in [1.29, 1.82) is 5.26 Å². The van der Waals surface area contributed by atoms with Crippen LogP contribution >= 0.6 is 0 Å². The summed E-state index contributed by atoms with van der Waals surface area (Å²) in [4.78, 5) is 11.3. The van der Waals surface area contributed by atoms with Crippen LogP contribution in [0.2, 0.25) is 0 Å². The highest BCUT2D eigenvalue weighted by atomic mass is 32.2. The Bertz CT molecular complexity index is 664. The molecular formula is C12H15N3O5S. The average Bonchev–Trinajstić information content (AvgIpc) is 2.36. The summed E-state index contributed by atoms with van der Waals surface area (Å²) in [5, 5.41) is 8.77. The first-order valence-electron chi connectivity index (χ1n) is 5.86. The number of anilines is 1. The van der Waals surface area contributed by atoms with Gasteiger partial charge in [0.05, 0.1) is 30.5 Å². The van der Waals surface area contributed by atoms with Crippen molar-refractivity contribution in [1.82, 2.24) is 4.72 Å². The first-order chi connectivity index (χ1) is 9.77. The third-order valence-electron chi connectivity index (χ3n) is 2.14. The van der Waals surface area contributed by atoms with Gasteiger partial charge < -0.3 is 9.47 Å². The van der Waals surface area contributed by atoms with Gasteiger partial charge in [0.2, 0.25) is 0 Å². The molecule has 0 unspecified atom stereocenters. The van der Waals surface area contributed by atoms with Crippen molar-refractivity contribution in [2.75, 3.05) is 11.8 Å². The van der Waals surface area contributed by atoms with Crippen LogP contribution in [-0.4, -0.2) is 27.7 Å². The van der Waals surface area contributed by atoms with E-state index >= 15 is 0 Å². The molecule has 0 aliphatic carbocycles. The Kier molecular flexibility index (Phi) is 5.37. The van der Waals surface area contributed by atoms with Crippen LogP contribution < -0.4 is 14.2 Å². The predicted molar refractivity (Wildman–Crippen MR) is 75.0 cm³/mol. The zero-order valence-electron chi connectivity index (χ0n) is 11.7. The molecule has 21 heavy (non-hydrogen) atoms. The lowest BCUT2D eigenvalue weighted by Crippen LogP contribution is -2.36. The van der Waals surface area contributed by atoms with Crippen LogP contribution in [0.1, 0.15) is 19.4 Å². The van der Waals surface area contributed by atoms with Gasteiger partial charge in [-0.2, -0.15) is 13.7 Å². The van der Waals surface area contributed by atoms with E-state index in [1.54, 1.807) is 18.6 Å². The van der Waals surface area contributed by atoms with E-state index in [1.807, 2.05) is 6.07 Å². The Morgan fingerprint density at radius 1 is 1.38 bits per heavy atom. The molecule has 0 fully saturated rings. The highest BCUT2D eigenvalue weighted by molar-refractivity contribution is 7.91. The highest BCUT2D eigenvalue weighted by Crippen LogP contribution is 2.25. The van der Waals surface area contributed by atoms with Crippen LogP contribution in [0, 0.1) is 11.3 Å². The molecule has 1 rings (SSSR count). The maximum absolute atomic E-state index is 11.8. The van der Waals surface area contributed by atoms with Crippen LogP contribution in [0.25, 0.3) is 0 Å². The Hall–Kier alpha value is -2.47. The fourth-order valence-corrected chi connectivity index (χ4v) is 2.14. The number of nitrogens with zero attached hydrogens (tertiary/aromatic N) is 1. The molecule has 2 N–H and O–H groups in total. The molecule has 1 amide bonds. The molecule has 1 aromatic rings. The number of carbonyl (C=O) groups excluding carboxylic acids is 1. The molecule has 0 saturated carbocycles. The minimum Gasteiger partial charge on any atom is -0.495 e. The molecule has 0 bridgehead atoms. The summed E-state index contributed by atoms with van der Waals surface area (Å²) < 4.78 is 37.0. The Balaban J connectivity index is 2.89. The fourth-order valence-electron chi connectivity index (χ4n) is 1.36. The van der Waals surface area contributed by atoms with Gasteiger partial charge in [0.1, 0.15) is 5.75 Å². The number of amides is 1. The summed E-state index contributed by atoms with van der Waals surface area (Å²) in [5.41, 5.74) is 0.392. The van der Waals surface area contributed by atoms with E-state index in [1.165, 1.54) is 25.3 Å². The molecular weight excluding hydrogens is 298 g/mol. The van der Waals surface area contributed by atoms with Gasteiger partial charge in [-0.05, 0) is 26.0 Å². The molecule has 0 saturated heterocycles. The summed E-state index contributed by atoms with van der Waals surface area (Å²) in [6.07, 6.45) is -1.55. The molecule has 1 aromatic carbocycles. The van der Waals surface area contributed by atoms with Crippen molar-refractivity contribution in [3.8, 4) is 11.8 Å². The van der Waals surface area contributed by atoms with Crippen molar-refractivity contribution in [2.45, 2.75) is 20.0 Å². The molecule has 0 aliphatic heterocycles. The number of nitriles is 1. The maximum Gasteiger partial charge on any atom is 0.422 e. The third kappa shape index (κ3) is 5.19. The van der Waals surface area contributed by atoms with Crippen molar-refractivity contribution in [3.63, 3.8) is 0 Å². The SMILES string of the molecule is COc1cc(C#N)ccc1NS(=O)(=O)NC(=O)OC(C)C. The minimum atomic E-state index is -4.17. The molecule has 0 spiro atoms. The molecule has 0 aromatic heterocycles. The van der Waals surface area contributed by atoms with Crippen molar-refractivity contribution < 1.29 is 22.7 Å². The number of hydrogen-bond donors (Lipinski definition) is 2. The first-order valence-corrected chi connectivity index (χ1v) is 7.35. The third-order valence-corrected chi connectivity index (χ3v) is 3.06. The topological polar surface area (TPSA) is 118 Å². The van der Waals surface area contributed by atoms with Gasteiger partial charge in [-0.25, -0.2) is 9.52 Å². The Morgan fingerprint density at radius 3 is 2.57 bits per heavy atom. The molecule has 114 valence electrons. The van der Waals surface area contributed by atoms with Crippen LogP contribution in [-0.2, 0) is 14.9 Å². The fraction of sp³-hybridized carbons (Fsp3) is 0.333. The van der Waals surface area contributed by atoms with Crippen LogP contribution in [0.15, 0.2) is 18.2 Å². The van der Waals surface area contributed by atoms with Crippen molar-refractivity contribution in [2.24, 2.45) is 0 Å². The van der Waals surface area contributed by atoms with Gasteiger partial charge >= 0.3 is 16.3 Å². The van der Waals surface area contributed by atoms with E-state index in [0.29, 0.717) is 5.56 Å². The smallest absolute Gasteiger partial charge is 0.422 e. The van der Waals surface area contributed by atoms with Crippen LogP contribution in [0.5, 0.6) is 5.75 Å². The number of rotatable bonds is 5. The molecule has 0 atom stereocenters. The zero-order valence-corrected chi connectivity index (χ0v) is 12.5. The monoisotopic (exact) mass is 313 g/mol. The van der Waals surface area contributed by atoms with Gasteiger partial charge in [0.15, 0.2) is 0 Å². The van der Waals surface area contributed by atoms with Gasteiger partial charge in [-0.15, -0.1) is 0 Å². The first kappa shape index (κ1) is 16.6. The van der Waals surface area contributed by atoms with Gasteiger partial charge in [0, 0.05) is 6.07 Å². The molecule has 9 heteroatoms. The number of ether oxygens (including phenoxy) is 2. The Morgan fingerprint density at radius 2 is 2.05 bits per heavy atom. The number of carbonyl (C=O) groups is 1. The van der Waals surface area contributed by atoms with E-state index < -0.39 is 22.4 Å². The van der Waals surface area contributed by atoms with E-state index in [4.69, 9.17) is 10.00 Å². The highest BCUT2D eigenvalue weighted by Gasteiger charge is 2.18. The minimum absolute atomic E-state index is 0.0846. The standard InChI is InChI=1S/C12H15N3O5S/c1-8(2)20-12(16)15-21(17,18)14-10-5-4-9(7-13)6-11(10)19-3/h4-6,8,14H,1-3H3,(H,15,16). The lowest BCUT2D eigenvalue weighted by atomic mass is 10.2. The quantitative estimate of drug-likeness (QED) is 0.847. The molecule has 0 heterocycles. The summed E-state index contributed by atoms with van der Waals surface area (Å²) in [7, 11) is -2.84. The molecule has 0 radical (unpaired) electrons. The van der Waals surface area contributed by atoms with E-state index in [9.17, 15) is 13.2 Å². The molecule has 0 aliphatic rings. The van der Waals surface area contributed by atoms with E-state index in [-0.39, 0.29) is 11.4 Å². The summed E-state index contributed by atoms with van der Waals surface area (Å²) in [6.45, 7) is 3.17. The number of hydrogen-bond acceptors (Lipinski definition) is 6. The predicted octanol–water partition coefficient (Wildman–Crippen LogP) is 1.36. The van der Waals surface area contributed by atoms with Gasteiger partial charge in [-0.1, -0.05) is 0 Å². The lowest BCUT2D eigenvalue weighted by Gasteiger charge is -2.13. The summed E-state index contributed by atoms with van der Waals surface area (Å²) >= 11 is 0. The number of methoxy groups -OCH3 is 1. The largest absolute Gasteiger partial charge is 0.495 e. The normalized spacial score (nSPS) is 10.6. The summed E-state index contributed by atoms with van der Waals surface area (Å²) in [6, 6.07) is 6.03. The molecule has 8 nitrogen and oxygen atoms in total. The second-order valence-electron chi connectivity index (χ2n) is 4.19. The van der Waals surface area contributed by atoms with Crippen molar-refractivity contribution >= 4 is 22.0 Å². The Labute approximate surface area is 122 Å². The number of benzene rings is 1. The zero-order chi connectivity index (χ0) is 16.0. The maximum atomic E-state index is 11.8. The van der Waals surface area contributed by atoms with Crippen molar-refractivity contribution in [3.05, 3.63) is 23.8 Å². The summed E-state index contributed by atoms with van der Waals surface area (Å²) in [5.74, 6) is 0.150.